The summed E-state index contributed by atoms with van der Waals surface area (Å²) in [4.78, 5) is 0. The lowest BCUT2D eigenvalue weighted by atomic mass is 9.70. The van der Waals surface area contributed by atoms with Crippen LogP contribution in [-0.4, -0.2) is 0 Å². The van der Waals surface area contributed by atoms with Crippen LogP contribution in [0.15, 0.2) is 48.1 Å². The molecular formula is C21H30. The fourth-order valence-electron chi connectivity index (χ4n) is 3.51. The largest absolute Gasteiger partial charge is 0.0958 e. The summed E-state index contributed by atoms with van der Waals surface area (Å²) >= 11 is 0. The summed E-state index contributed by atoms with van der Waals surface area (Å²) in [6.45, 7) is 8.67. The maximum absolute atomic E-state index is 4.21. The highest BCUT2D eigenvalue weighted by Gasteiger charge is 2.29. The summed E-state index contributed by atoms with van der Waals surface area (Å²) in [5.41, 5.74) is 5.76. The molecule has 1 unspecified atom stereocenters. The molecule has 1 aliphatic carbocycles. The first-order valence-electron chi connectivity index (χ1n) is 8.68. The second-order valence-corrected chi connectivity index (χ2v) is 6.50. The van der Waals surface area contributed by atoms with Gasteiger partial charge in [0.15, 0.2) is 0 Å². The third kappa shape index (κ3) is 4.33. The van der Waals surface area contributed by atoms with E-state index in [4.69, 9.17) is 0 Å². The van der Waals surface area contributed by atoms with Gasteiger partial charge in [-0.25, -0.2) is 0 Å². The van der Waals surface area contributed by atoms with E-state index in [0.717, 1.165) is 5.92 Å². The second-order valence-electron chi connectivity index (χ2n) is 6.50. The van der Waals surface area contributed by atoms with Crippen LogP contribution >= 0.6 is 0 Å². The molecule has 0 fully saturated rings. The molecule has 0 radical (unpaired) electrons. The van der Waals surface area contributed by atoms with Gasteiger partial charge in [-0.05, 0) is 42.4 Å². The van der Waals surface area contributed by atoms with Crippen LogP contribution in [0, 0.1) is 5.92 Å². The highest BCUT2D eigenvalue weighted by molar-refractivity contribution is 5.78. The second kappa shape index (κ2) is 8.22. The van der Waals surface area contributed by atoms with Crippen LogP contribution < -0.4 is 0 Å². The Morgan fingerprint density at radius 3 is 2.38 bits per heavy atom. The van der Waals surface area contributed by atoms with Crippen LogP contribution in [0.25, 0.3) is 5.57 Å². The van der Waals surface area contributed by atoms with Crippen molar-refractivity contribution >= 4 is 5.57 Å². The maximum Gasteiger partial charge on any atom is -0.0116 e. The first-order chi connectivity index (χ1) is 10.2. The molecule has 0 heteroatoms. The van der Waals surface area contributed by atoms with Crippen LogP contribution in [0.4, 0.5) is 0 Å². The first kappa shape index (κ1) is 16.1. The Balaban J connectivity index is 1.86. The summed E-state index contributed by atoms with van der Waals surface area (Å²) in [6, 6.07) is 10.8. The van der Waals surface area contributed by atoms with Gasteiger partial charge in [-0.15, -0.1) is 0 Å². The van der Waals surface area contributed by atoms with Gasteiger partial charge < -0.3 is 0 Å². The van der Waals surface area contributed by atoms with Gasteiger partial charge in [-0.3, -0.25) is 0 Å². The Kier molecular flexibility index (Phi) is 6.29. The molecule has 0 saturated carbocycles. The van der Waals surface area contributed by atoms with Crippen LogP contribution in [0.5, 0.6) is 0 Å². The van der Waals surface area contributed by atoms with E-state index < -0.39 is 0 Å². The standard InChI is InChI=1S/C21H30/c1-4-5-6-7-8-10-15-19-16-20(21(19)17(2)3)18-13-11-9-12-14-18/h9,11-14,19H,2,4-8,10,15-16H2,1,3H3. The molecule has 1 atom stereocenters. The smallest absolute Gasteiger partial charge is 0.0116 e. The molecule has 21 heavy (non-hydrogen) atoms. The first-order valence-corrected chi connectivity index (χ1v) is 8.68. The Labute approximate surface area is 131 Å². The minimum Gasteiger partial charge on any atom is -0.0958 e. The predicted octanol–water partition coefficient (Wildman–Crippen LogP) is 6.79. The van der Waals surface area contributed by atoms with Crippen molar-refractivity contribution in [2.75, 3.05) is 0 Å². The number of benzene rings is 1. The molecule has 1 aromatic carbocycles. The van der Waals surface area contributed by atoms with Crippen LogP contribution in [0.1, 0.15) is 70.8 Å². The molecule has 0 saturated heterocycles. The van der Waals surface area contributed by atoms with Crippen molar-refractivity contribution in [3.05, 3.63) is 53.6 Å². The predicted molar refractivity (Wildman–Crippen MR) is 94.3 cm³/mol. The fraction of sp³-hybridized carbons (Fsp3) is 0.524. The molecule has 2 rings (SSSR count). The van der Waals surface area contributed by atoms with Crippen LogP contribution in [0.2, 0.25) is 0 Å². The zero-order valence-corrected chi connectivity index (χ0v) is 13.8. The van der Waals surface area contributed by atoms with E-state index >= 15 is 0 Å². The molecule has 0 spiro atoms. The van der Waals surface area contributed by atoms with E-state index in [0.29, 0.717) is 0 Å². The number of rotatable bonds is 9. The number of hydrogen-bond donors (Lipinski definition) is 0. The van der Waals surface area contributed by atoms with Crippen molar-refractivity contribution in [1.29, 1.82) is 0 Å². The molecule has 0 amide bonds. The van der Waals surface area contributed by atoms with E-state index in [1.54, 1.807) is 11.1 Å². The molecule has 0 bridgehead atoms. The summed E-state index contributed by atoms with van der Waals surface area (Å²) in [6.07, 6.45) is 11.0. The van der Waals surface area contributed by atoms with E-state index in [-0.39, 0.29) is 0 Å². The van der Waals surface area contributed by atoms with E-state index in [1.807, 2.05) is 0 Å². The molecule has 0 aromatic heterocycles. The SMILES string of the molecule is C=C(C)C1=C(c2ccccc2)CC1CCCCCCCC. The van der Waals surface area contributed by atoms with Gasteiger partial charge >= 0.3 is 0 Å². The summed E-state index contributed by atoms with van der Waals surface area (Å²) in [5, 5.41) is 0. The Morgan fingerprint density at radius 2 is 1.71 bits per heavy atom. The van der Waals surface area contributed by atoms with Gasteiger partial charge in [0.1, 0.15) is 0 Å². The zero-order chi connectivity index (χ0) is 15.1. The molecule has 114 valence electrons. The molecule has 0 N–H and O–H groups in total. The lowest BCUT2D eigenvalue weighted by molar-refractivity contribution is 0.488. The zero-order valence-electron chi connectivity index (χ0n) is 13.8. The van der Waals surface area contributed by atoms with Gasteiger partial charge in [-0.2, -0.15) is 0 Å². The van der Waals surface area contributed by atoms with Crippen molar-refractivity contribution in [3.63, 3.8) is 0 Å². The Morgan fingerprint density at radius 1 is 1.05 bits per heavy atom. The van der Waals surface area contributed by atoms with Crippen molar-refractivity contribution in [2.45, 2.75) is 65.2 Å². The van der Waals surface area contributed by atoms with Crippen molar-refractivity contribution in [2.24, 2.45) is 5.92 Å². The summed E-state index contributed by atoms with van der Waals surface area (Å²) in [7, 11) is 0. The van der Waals surface area contributed by atoms with Gasteiger partial charge in [-0.1, -0.05) is 87.9 Å². The topological polar surface area (TPSA) is 0 Å². The lowest BCUT2D eigenvalue weighted by Gasteiger charge is -2.35. The van der Waals surface area contributed by atoms with Gasteiger partial charge in [0.2, 0.25) is 0 Å². The van der Waals surface area contributed by atoms with Gasteiger partial charge in [0.05, 0.1) is 0 Å². The minimum atomic E-state index is 0.767. The van der Waals surface area contributed by atoms with Crippen molar-refractivity contribution < 1.29 is 0 Å². The van der Waals surface area contributed by atoms with Crippen LogP contribution in [0.3, 0.4) is 0 Å². The molecule has 1 aliphatic rings. The summed E-state index contributed by atoms with van der Waals surface area (Å²) in [5.74, 6) is 0.767. The van der Waals surface area contributed by atoms with Crippen molar-refractivity contribution in [3.8, 4) is 0 Å². The van der Waals surface area contributed by atoms with Crippen LogP contribution in [-0.2, 0) is 0 Å². The highest BCUT2D eigenvalue weighted by atomic mass is 14.3. The molecule has 0 aliphatic heterocycles. The third-order valence-corrected chi connectivity index (χ3v) is 4.67. The van der Waals surface area contributed by atoms with E-state index in [9.17, 15) is 0 Å². The summed E-state index contributed by atoms with van der Waals surface area (Å²) < 4.78 is 0. The molecule has 0 heterocycles. The minimum absolute atomic E-state index is 0.767. The number of unbranched alkanes of at least 4 members (excludes halogenated alkanes) is 5. The highest BCUT2D eigenvalue weighted by Crippen LogP contribution is 2.46. The monoisotopic (exact) mass is 282 g/mol. The Hall–Kier alpha value is -1.30. The third-order valence-electron chi connectivity index (χ3n) is 4.67. The van der Waals surface area contributed by atoms with Crippen molar-refractivity contribution in [1.82, 2.24) is 0 Å². The fourth-order valence-corrected chi connectivity index (χ4v) is 3.51. The number of allylic oxidation sites excluding steroid dienone is 3. The average molecular weight is 282 g/mol. The number of hydrogen-bond acceptors (Lipinski definition) is 0. The average Bonchev–Trinajstić information content (AvgIpc) is 2.45. The quantitative estimate of drug-likeness (QED) is 0.437. The molecular weight excluding hydrogens is 252 g/mol. The normalized spacial score (nSPS) is 17.7. The lowest BCUT2D eigenvalue weighted by Crippen LogP contribution is -2.18. The van der Waals surface area contributed by atoms with E-state index in [1.165, 1.54) is 62.5 Å². The van der Waals surface area contributed by atoms with E-state index in [2.05, 4.69) is 50.8 Å². The molecule has 1 aromatic rings. The molecule has 0 nitrogen and oxygen atoms in total. The maximum atomic E-state index is 4.21. The van der Waals surface area contributed by atoms with Gasteiger partial charge in [0, 0.05) is 0 Å². The Bertz CT molecular complexity index is 478. The van der Waals surface area contributed by atoms with Gasteiger partial charge in [0.25, 0.3) is 0 Å².